The van der Waals surface area contributed by atoms with Gasteiger partial charge in [0.05, 0.1) is 22.1 Å². The number of imidazole rings is 1. The Morgan fingerprint density at radius 2 is 1.30 bits per heavy atom. The molecule has 210 valence electrons. The molecule has 0 saturated carbocycles. The Labute approximate surface area is 256 Å². The lowest BCUT2D eigenvalue weighted by atomic mass is 9.81. The third-order valence-corrected chi connectivity index (χ3v) is 9.56. The third-order valence-electron chi connectivity index (χ3n) is 9.56. The number of nitrogens with zero attached hydrogens (tertiary/aromatic N) is 3. The van der Waals surface area contributed by atoms with Crippen molar-refractivity contribution in [1.82, 2.24) is 14.1 Å². The Morgan fingerprint density at radius 1 is 0.568 bits per heavy atom. The van der Waals surface area contributed by atoms with E-state index in [0.717, 1.165) is 33.8 Å². The molecule has 3 nitrogen and oxygen atoms in total. The van der Waals surface area contributed by atoms with Crippen molar-refractivity contribution in [2.45, 2.75) is 26.2 Å². The number of aryl methyl sites for hydroxylation is 1. The minimum absolute atomic E-state index is 0.115. The molecule has 2 heterocycles. The molecule has 0 atom stereocenters. The summed E-state index contributed by atoms with van der Waals surface area (Å²) in [6, 6.07) is 48.4. The van der Waals surface area contributed by atoms with Crippen molar-refractivity contribution in [2.24, 2.45) is 0 Å². The average molecular weight is 566 g/mol. The predicted octanol–water partition coefficient (Wildman–Crippen LogP) is 10.4. The summed E-state index contributed by atoms with van der Waals surface area (Å²) in [6.45, 7) is 6.87. The molecule has 0 N–H and O–H groups in total. The topological polar surface area (TPSA) is 22.8 Å². The van der Waals surface area contributed by atoms with Gasteiger partial charge >= 0.3 is 0 Å². The van der Waals surface area contributed by atoms with Gasteiger partial charge in [-0.3, -0.25) is 4.57 Å². The fourth-order valence-electron chi connectivity index (χ4n) is 7.56. The van der Waals surface area contributed by atoms with Crippen molar-refractivity contribution < 1.29 is 0 Å². The fourth-order valence-corrected chi connectivity index (χ4v) is 7.56. The van der Waals surface area contributed by atoms with Gasteiger partial charge in [-0.25, -0.2) is 4.98 Å². The molecule has 8 aromatic rings. The average Bonchev–Trinajstić information content (AvgIpc) is 3.67. The number of hydrogen-bond acceptors (Lipinski definition) is 1. The van der Waals surface area contributed by atoms with Crippen LogP contribution in [0.4, 0.5) is 0 Å². The first kappa shape index (κ1) is 25.1. The van der Waals surface area contributed by atoms with Crippen molar-refractivity contribution in [3.05, 3.63) is 150 Å². The summed E-state index contributed by atoms with van der Waals surface area (Å²) < 4.78 is 4.75. The maximum atomic E-state index is 5.16. The zero-order chi connectivity index (χ0) is 29.6. The second-order valence-electron chi connectivity index (χ2n) is 12.6. The molecule has 0 radical (unpaired) electrons. The summed E-state index contributed by atoms with van der Waals surface area (Å²) in [7, 11) is 0. The van der Waals surface area contributed by atoms with Gasteiger partial charge in [-0.15, -0.1) is 0 Å². The van der Waals surface area contributed by atoms with Gasteiger partial charge in [0.2, 0.25) is 0 Å². The number of aromatic nitrogens is 3. The lowest BCUT2D eigenvalue weighted by molar-refractivity contribution is 0.664. The normalized spacial score (nSPS) is 13.5. The fraction of sp³-hybridized carbons (Fsp3) is 0.0976. The molecule has 6 aromatic carbocycles. The van der Waals surface area contributed by atoms with E-state index in [2.05, 4.69) is 163 Å². The Balaban J connectivity index is 1.28. The minimum atomic E-state index is -0.115. The summed E-state index contributed by atoms with van der Waals surface area (Å²) in [5.41, 5.74) is 14.6. The molecular weight excluding hydrogens is 534 g/mol. The highest BCUT2D eigenvalue weighted by Gasteiger charge is 2.38. The van der Waals surface area contributed by atoms with Crippen molar-refractivity contribution in [3.8, 4) is 33.9 Å². The molecule has 0 bridgehead atoms. The summed E-state index contributed by atoms with van der Waals surface area (Å²) >= 11 is 0. The lowest BCUT2D eigenvalue weighted by Crippen LogP contribution is -2.16. The molecule has 0 fully saturated rings. The Morgan fingerprint density at radius 3 is 2.14 bits per heavy atom. The van der Waals surface area contributed by atoms with E-state index < -0.39 is 0 Å². The van der Waals surface area contributed by atoms with Crippen LogP contribution >= 0.6 is 0 Å². The van der Waals surface area contributed by atoms with Gasteiger partial charge in [0, 0.05) is 33.1 Å². The van der Waals surface area contributed by atoms with E-state index in [1.54, 1.807) is 0 Å². The molecule has 0 spiro atoms. The highest BCUT2D eigenvalue weighted by molar-refractivity contribution is 6.13. The Hall–Kier alpha value is -5.41. The van der Waals surface area contributed by atoms with Gasteiger partial charge in [-0.2, -0.15) is 0 Å². The molecule has 44 heavy (non-hydrogen) atoms. The van der Waals surface area contributed by atoms with E-state index in [4.69, 9.17) is 4.98 Å². The highest BCUT2D eigenvalue weighted by atomic mass is 15.1. The Kier molecular flexibility index (Phi) is 5.16. The first-order valence-electron chi connectivity index (χ1n) is 15.3. The number of para-hydroxylation sites is 2. The lowest BCUT2D eigenvalue weighted by Gasteiger charge is -2.23. The Bertz CT molecular complexity index is 2400. The molecule has 2 aromatic heterocycles. The van der Waals surface area contributed by atoms with Crippen LogP contribution in [-0.4, -0.2) is 14.1 Å². The zero-order valence-electron chi connectivity index (χ0n) is 25.0. The number of fused-ring (bicyclic) bond motifs is 8. The van der Waals surface area contributed by atoms with Crippen LogP contribution in [0.25, 0.3) is 66.7 Å². The van der Waals surface area contributed by atoms with E-state index in [1.165, 1.54) is 49.6 Å². The van der Waals surface area contributed by atoms with Crippen LogP contribution in [0, 0.1) is 6.92 Å². The van der Waals surface area contributed by atoms with Crippen LogP contribution in [0.1, 0.15) is 30.5 Å². The molecule has 1 aliphatic rings. The van der Waals surface area contributed by atoms with Crippen LogP contribution < -0.4 is 0 Å². The van der Waals surface area contributed by atoms with Crippen molar-refractivity contribution >= 4 is 32.8 Å². The third kappa shape index (κ3) is 3.41. The molecule has 0 aliphatic heterocycles. The van der Waals surface area contributed by atoms with Gasteiger partial charge < -0.3 is 4.57 Å². The second-order valence-corrected chi connectivity index (χ2v) is 12.6. The number of rotatable bonds is 3. The van der Waals surface area contributed by atoms with E-state index in [1.807, 2.05) is 0 Å². The molecule has 1 aliphatic carbocycles. The van der Waals surface area contributed by atoms with Crippen molar-refractivity contribution in [3.63, 3.8) is 0 Å². The van der Waals surface area contributed by atoms with Crippen molar-refractivity contribution in [1.29, 1.82) is 0 Å². The number of hydrogen-bond donors (Lipinski definition) is 0. The first-order chi connectivity index (χ1) is 21.5. The summed E-state index contributed by atoms with van der Waals surface area (Å²) in [5.74, 6) is 0.947. The summed E-state index contributed by atoms with van der Waals surface area (Å²) in [6.07, 6.45) is 0. The van der Waals surface area contributed by atoms with E-state index >= 15 is 0 Å². The van der Waals surface area contributed by atoms with Gasteiger partial charge in [-0.1, -0.05) is 92.7 Å². The standard InChI is InChI=1S/C41H31N3/c1-26-17-24-37-35(25-26)42-40(44(37)28-11-5-4-6-12-28)27-18-20-29(21-19-27)43-36-16-10-8-14-31(36)33-23-22-32-30-13-7-9-15-34(30)41(2,3)38(32)39(33)43/h4-25H,1-3H3. The van der Waals surface area contributed by atoms with E-state index in [-0.39, 0.29) is 5.41 Å². The molecule has 0 amide bonds. The SMILES string of the molecule is Cc1ccc2c(c1)nc(-c1ccc(-n3c4ccccc4c4ccc5c(c43)C(C)(C)c3ccccc3-5)cc1)n2-c1ccccc1. The molecule has 0 unspecified atom stereocenters. The maximum Gasteiger partial charge on any atom is 0.145 e. The molecule has 3 heteroatoms. The first-order valence-corrected chi connectivity index (χ1v) is 15.3. The van der Waals surface area contributed by atoms with E-state index in [0.29, 0.717) is 0 Å². The summed E-state index contributed by atoms with van der Waals surface area (Å²) in [5, 5.41) is 2.58. The van der Waals surface area contributed by atoms with Crippen LogP contribution in [0.5, 0.6) is 0 Å². The largest absolute Gasteiger partial charge is 0.309 e. The molecular formula is C41H31N3. The van der Waals surface area contributed by atoms with Crippen molar-refractivity contribution in [2.75, 3.05) is 0 Å². The summed E-state index contributed by atoms with van der Waals surface area (Å²) in [4.78, 5) is 5.16. The predicted molar refractivity (Wildman–Crippen MR) is 183 cm³/mol. The molecule has 9 rings (SSSR count). The van der Waals surface area contributed by atoms with Crippen LogP contribution in [0.15, 0.2) is 133 Å². The maximum absolute atomic E-state index is 5.16. The molecule has 0 saturated heterocycles. The van der Waals surface area contributed by atoms with Gasteiger partial charge in [0.15, 0.2) is 0 Å². The van der Waals surface area contributed by atoms with Crippen LogP contribution in [0.3, 0.4) is 0 Å². The quantitative estimate of drug-likeness (QED) is 0.209. The van der Waals surface area contributed by atoms with Gasteiger partial charge in [0.1, 0.15) is 5.82 Å². The highest BCUT2D eigenvalue weighted by Crippen LogP contribution is 2.52. The van der Waals surface area contributed by atoms with Gasteiger partial charge in [-0.05, 0) is 89.3 Å². The van der Waals surface area contributed by atoms with Crippen LogP contribution in [0.2, 0.25) is 0 Å². The van der Waals surface area contributed by atoms with E-state index in [9.17, 15) is 0 Å². The zero-order valence-corrected chi connectivity index (χ0v) is 25.0. The van der Waals surface area contributed by atoms with Gasteiger partial charge in [0.25, 0.3) is 0 Å². The van der Waals surface area contributed by atoms with Crippen LogP contribution in [-0.2, 0) is 5.41 Å². The minimum Gasteiger partial charge on any atom is -0.309 e. The monoisotopic (exact) mass is 565 g/mol. The number of benzene rings is 6. The smallest absolute Gasteiger partial charge is 0.145 e. The second kappa shape index (κ2) is 9.05.